The van der Waals surface area contributed by atoms with Crippen molar-refractivity contribution in [1.82, 2.24) is 4.57 Å². The molecular formula is C21H16ClNO2. The molecule has 0 aliphatic carbocycles. The molecule has 0 spiro atoms. The minimum atomic E-state index is -0.117. The van der Waals surface area contributed by atoms with Gasteiger partial charge in [-0.1, -0.05) is 60.1 Å². The number of hydrogen-bond acceptors (Lipinski definition) is 2. The van der Waals surface area contributed by atoms with Crippen molar-refractivity contribution in [3.63, 3.8) is 0 Å². The van der Waals surface area contributed by atoms with E-state index in [1.807, 2.05) is 72.3 Å². The van der Waals surface area contributed by atoms with E-state index >= 15 is 0 Å². The van der Waals surface area contributed by atoms with Crippen LogP contribution in [0.5, 0.6) is 5.75 Å². The molecule has 1 aromatic heterocycles. The molecule has 0 fully saturated rings. The Kier molecular flexibility index (Phi) is 3.94. The van der Waals surface area contributed by atoms with Crippen molar-refractivity contribution >= 4 is 33.4 Å². The summed E-state index contributed by atoms with van der Waals surface area (Å²) in [4.78, 5) is 12.7. The molecule has 1 heterocycles. The monoisotopic (exact) mass is 349 g/mol. The Balaban J connectivity index is 1.91. The molecule has 0 unspecified atom stereocenters. The molecule has 3 nitrogen and oxygen atoms in total. The van der Waals surface area contributed by atoms with Gasteiger partial charge in [-0.15, -0.1) is 0 Å². The van der Waals surface area contributed by atoms with E-state index < -0.39 is 0 Å². The predicted octanol–water partition coefficient (Wildman–Crippen LogP) is 4.92. The number of halogens is 1. The van der Waals surface area contributed by atoms with Gasteiger partial charge in [0.1, 0.15) is 12.4 Å². The minimum absolute atomic E-state index is 0.117. The fraction of sp³-hybridized carbons (Fsp3) is 0.0952. The zero-order valence-corrected chi connectivity index (χ0v) is 14.5. The third kappa shape index (κ3) is 2.77. The van der Waals surface area contributed by atoms with Gasteiger partial charge in [0.15, 0.2) is 0 Å². The summed E-state index contributed by atoms with van der Waals surface area (Å²) >= 11 is 6.34. The Labute approximate surface area is 150 Å². The second kappa shape index (κ2) is 6.26. The van der Waals surface area contributed by atoms with Crippen LogP contribution < -0.4 is 10.2 Å². The van der Waals surface area contributed by atoms with Crippen molar-refractivity contribution in [3.05, 3.63) is 87.5 Å². The van der Waals surface area contributed by atoms with Crippen LogP contribution in [0.1, 0.15) is 5.56 Å². The summed E-state index contributed by atoms with van der Waals surface area (Å²) in [5.74, 6) is 0.508. The molecule has 0 aliphatic heterocycles. The fourth-order valence-electron chi connectivity index (χ4n) is 3.17. The number of ether oxygens (including phenoxy) is 1. The molecule has 0 N–H and O–H groups in total. The number of rotatable bonds is 3. The number of aromatic nitrogens is 1. The van der Waals surface area contributed by atoms with E-state index in [2.05, 4.69) is 0 Å². The molecule has 0 bridgehead atoms. The highest BCUT2D eigenvalue weighted by molar-refractivity contribution is 6.32. The average Bonchev–Trinajstić information content (AvgIpc) is 2.84. The lowest BCUT2D eigenvalue weighted by Gasteiger charge is -2.06. The van der Waals surface area contributed by atoms with Crippen LogP contribution in [0.4, 0.5) is 0 Å². The summed E-state index contributed by atoms with van der Waals surface area (Å²) in [5.41, 5.74) is 2.55. The zero-order valence-electron chi connectivity index (χ0n) is 13.7. The highest BCUT2D eigenvalue weighted by Gasteiger charge is 2.13. The summed E-state index contributed by atoms with van der Waals surface area (Å²) in [6.07, 6.45) is 0. The largest absolute Gasteiger partial charge is 0.487 e. The molecule has 3 aromatic carbocycles. The van der Waals surface area contributed by atoms with Gasteiger partial charge >= 0.3 is 0 Å². The lowest BCUT2D eigenvalue weighted by Crippen LogP contribution is -2.01. The van der Waals surface area contributed by atoms with E-state index in [0.29, 0.717) is 22.9 Å². The number of nitrogens with zero attached hydrogens (tertiary/aromatic N) is 1. The first-order chi connectivity index (χ1) is 12.1. The van der Waals surface area contributed by atoms with Crippen molar-refractivity contribution in [2.75, 3.05) is 0 Å². The summed E-state index contributed by atoms with van der Waals surface area (Å²) < 4.78 is 7.83. The quantitative estimate of drug-likeness (QED) is 0.525. The van der Waals surface area contributed by atoms with Crippen LogP contribution in [0, 0.1) is 0 Å². The first-order valence-corrected chi connectivity index (χ1v) is 8.40. The highest BCUT2D eigenvalue weighted by atomic mass is 35.5. The van der Waals surface area contributed by atoms with E-state index in [1.165, 1.54) is 6.07 Å². The summed E-state index contributed by atoms with van der Waals surface area (Å²) in [6.45, 7) is 0.394. The molecule has 0 saturated carbocycles. The van der Waals surface area contributed by atoms with Crippen molar-refractivity contribution in [3.8, 4) is 5.75 Å². The Hall–Kier alpha value is -2.78. The van der Waals surface area contributed by atoms with Gasteiger partial charge in [-0.25, -0.2) is 0 Å². The van der Waals surface area contributed by atoms with Crippen LogP contribution in [-0.4, -0.2) is 4.57 Å². The molecule has 0 saturated heterocycles. The summed E-state index contributed by atoms with van der Waals surface area (Å²) in [7, 11) is 1.89. The van der Waals surface area contributed by atoms with E-state index in [-0.39, 0.29) is 5.43 Å². The molecule has 0 aliphatic rings. The number of aryl methyl sites for hydroxylation is 1. The average molecular weight is 350 g/mol. The maximum atomic E-state index is 12.7. The van der Waals surface area contributed by atoms with Gasteiger partial charge in [0.05, 0.1) is 10.5 Å². The van der Waals surface area contributed by atoms with Crippen LogP contribution in [0.15, 0.2) is 71.5 Å². The Morgan fingerprint density at radius 2 is 1.68 bits per heavy atom. The second-order valence-corrected chi connectivity index (χ2v) is 6.39. The highest BCUT2D eigenvalue weighted by Crippen LogP contribution is 2.31. The smallest absolute Gasteiger partial charge is 0.204 e. The van der Waals surface area contributed by atoms with Gasteiger partial charge in [0.2, 0.25) is 5.43 Å². The molecule has 0 atom stereocenters. The molecular weight excluding hydrogens is 334 g/mol. The van der Waals surface area contributed by atoms with Crippen molar-refractivity contribution in [1.29, 1.82) is 0 Å². The van der Waals surface area contributed by atoms with E-state index in [4.69, 9.17) is 16.3 Å². The van der Waals surface area contributed by atoms with E-state index in [0.717, 1.165) is 21.9 Å². The number of hydrogen-bond donors (Lipinski definition) is 0. The third-order valence-electron chi connectivity index (χ3n) is 4.39. The standard InChI is InChI=1S/C21H16ClNO2/c1-23-18-10-6-5-9-15(18)16-11-20(17(22)12-19(24)21(16)23)25-13-14-7-3-2-4-8-14/h2-12H,13H2,1H3. The topological polar surface area (TPSA) is 31.2 Å². The fourth-order valence-corrected chi connectivity index (χ4v) is 3.38. The molecule has 4 aromatic rings. The molecule has 124 valence electrons. The molecule has 4 heteroatoms. The molecule has 4 rings (SSSR count). The maximum absolute atomic E-state index is 12.7. The Bertz CT molecular complexity index is 1130. The minimum Gasteiger partial charge on any atom is -0.487 e. The summed E-state index contributed by atoms with van der Waals surface area (Å²) in [6, 6.07) is 21.1. The Morgan fingerprint density at radius 1 is 0.960 bits per heavy atom. The van der Waals surface area contributed by atoms with Crippen molar-refractivity contribution in [2.45, 2.75) is 6.61 Å². The van der Waals surface area contributed by atoms with Gasteiger partial charge in [-0.05, 0) is 17.7 Å². The van der Waals surface area contributed by atoms with Crippen LogP contribution in [0.2, 0.25) is 5.02 Å². The van der Waals surface area contributed by atoms with Gasteiger partial charge in [0.25, 0.3) is 0 Å². The first-order valence-electron chi connectivity index (χ1n) is 8.03. The van der Waals surface area contributed by atoms with Gasteiger partial charge in [-0.2, -0.15) is 0 Å². The zero-order chi connectivity index (χ0) is 17.4. The number of fused-ring (bicyclic) bond motifs is 3. The van der Waals surface area contributed by atoms with Gasteiger partial charge in [0, 0.05) is 29.4 Å². The first kappa shape index (κ1) is 15.7. The van der Waals surface area contributed by atoms with E-state index in [1.54, 1.807) is 0 Å². The van der Waals surface area contributed by atoms with Crippen LogP contribution in [0.25, 0.3) is 21.8 Å². The maximum Gasteiger partial charge on any atom is 0.204 e. The van der Waals surface area contributed by atoms with Crippen LogP contribution in [-0.2, 0) is 13.7 Å². The SMILES string of the molecule is Cn1c2ccccc2c2cc(OCc3ccccc3)c(Cl)cc(=O)c21. The normalized spacial score (nSPS) is 11.1. The van der Waals surface area contributed by atoms with E-state index in [9.17, 15) is 4.79 Å². The van der Waals surface area contributed by atoms with Gasteiger partial charge < -0.3 is 9.30 Å². The third-order valence-corrected chi connectivity index (χ3v) is 4.68. The second-order valence-electron chi connectivity index (χ2n) is 5.98. The van der Waals surface area contributed by atoms with Crippen LogP contribution >= 0.6 is 11.6 Å². The summed E-state index contributed by atoms with van der Waals surface area (Å²) in [5, 5.41) is 2.17. The molecule has 25 heavy (non-hydrogen) atoms. The molecule has 0 radical (unpaired) electrons. The van der Waals surface area contributed by atoms with Crippen LogP contribution in [0.3, 0.4) is 0 Å². The van der Waals surface area contributed by atoms with Gasteiger partial charge in [-0.3, -0.25) is 4.79 Å². The Morgan fingerprint density at radius 3 is 2.48 bits per heavy atom. The number of benzene rings is 2. The molecule has 0 amide bonds. The van der Waals surface area contributed by atoms with Crippen molar-refractivity contribution in [2.24, 2.45) is 7.05 Å². The lowest BCUT2D eigenvalue weighted by molar-refractivity contribution is 0.307. The van der Waals surface area contributed by atoms with Crippen molar-refractivity contribution < 1.29 is 4.74 Å². The number of para-hydroxylation sites is 1. The predicted molar refractivity (Wildman–Crippen MR) is 102 cm³/mol. The lowest BCUT2D eigenvalue weighted by atomic mass is 10.2.